The monoisotopic (exact) mass is 696 g/mol. The Balaban J connectivity index is 4.13. The fourth-order valence-electron chi connectivity index (χ4n) is 5.08. The van der Waals surface area contributed by atoms with Crippen molar-refractivity contribution in [2.24, 2.45) is 0 Å². The number of rotatable bonds is 34. The minimum Gasteiger partial charge on any atom is -0.458 e. The molecule has 0 rings (SSSR count). The van der Waals surface area contributed by atoms with Crippen molar-refractivity contribution in [3.05, 3.63) is 48.6 Å². The fraction of sp³-hybridized carbons (Fsp3) is 0.744. The molecular weight excluding hydrogens is 627 g/mol. The number of hydrogen-bond acceptors (Lipinski definition) is 6. The highest BCUT2D eigenvalue weighted by Crippen LogP contribution is 2.35. The maximum absolute atomic E-state index is 12.3. The van der Waals surface area contributed by atoms with Gasteiger partial charge in [0.2, 0.25) is 0 Å². The Labute approximate surface area is 293 Å². The van der Waals surface area contributed by atoms with Gasteiger partial charge in [0.25, 0.3) is 0 Å². The van der Waals surface area contributed by atoms with Crippen LogP contribution in [0.2, 0.25) is 0 Å². The smallest absolute Gasteiger partial charge is 0.458 e. The van der Waals surface area contributed by atoms with E-state index in [1.54, 1.807) is 12.2 Å². The molecule has 0 aliphatic heterocycles. The lowest BCUT2D eigenvalue weighted by molar-refractivity contribution is -0.159. The Kier molecular flexibility index (Phi) is 33.4. The normalized spacial score (nSPS) is 13.0. The van der Waals surface area contributed by atoms with E-state index in [1.807, 2.05) is 6.08 Å². The zero-order chi connectivity index (χ0) is 35.4. The van der Waals surface area contributed by atoms with Crippen LogP contribution in [0, 0.1) is 0 Å². The molecule has 0 bridgehead atoms. The lowest BCUT2D eigenvalue weighted by Gasteiger charge is -2.18. The molecule has 2 N–H and O–H groups in total. The second-order valence-corrected chi connectivity index (χ2v) is 13.9. The Morgan fingerprint density at radius 3 is 1.60 bits per heavy atom. The number of ether oxygens (including phenoxy) is 2. The average Bonchev–Trinajstić information content (AvgIpc) is 3.05. The number of allylic oxidation sites excluding steroid dienone is 7. The van der Waals surface area contributed by atoms with Gasteiger partial charge in [-0.25, -0.2) is 9.36 Å². The molecule has 0 aromatic carbocycles. The number of carbonyl (C=O) groups excluding carboxylic acids is 2. The molecule has 0 saturated heterocycles. The first kappa shape index (κ1) is 46.0. The Bertz CT molecular complexity index is 921. The predicted molar refractivity (Wildman–Crippen MR) is 198 cm³/mol. The highest BCUT2D eigenvalue weighted by molar-refractivity contribution is 7.46. The van der Waals surface area contributed by atoms with Crippen molar-refractivity contribution >= 4 is 19.8 Å². The third-order valence-electron chi connectivity index (χ3n) is 7.92. The van der Waals surface area contributed by atoms with E-state index in [0.29, 0.717) is 6.42 Å². The number of unbranched alkanes of at least 4 members (excludes halogenated alkanes) is 19. The summed E-state index contributed by atoms with van der Waals surface area (Å²) < 4.78 is 26.1. The van der Waals surface area contributed by atoms with Gasteiger partial charge in [0.05, 0.1) is 6.61 Å². The van der Waals surface area contributed by atoms with Crippen molar-refractivity contribution in [3.63, 3.8) is 0 Å². The average molecular weight is 697 g/mol. The molecule has 278 valence electrons. The summed E-state index contributed by atoms with van der Waals surface area (Å²) in [6.07, 6.45) is 41.8. The molecule has 0 aromatic rings. The van der Waals surface area contributed by atoms with Gasteiger partial charge in [0.1, 0.15) is 6.61 Å². The van der Waals surface area contributed by atoms with Crippen LogP contribution in [0.15, 0.2) is 48.6 Å². The summed E-state index contributed by atoms with van der Waals surface area (Å²) in [5.41, 5.74) is 0. The molecule has 48 heavy (non-hydrogen) atoms. The topological polar surface area (TPSA) is 119 Å². The second-order valence-electron chi connectivity index (χ2n) is 12.6. The standard InChI is InChI=1S/C39H69O8P/c1-3-5-7-9-11-13-15-17-19-21-23-25-27-29-31-33-38(40)45-35-37(36-46-48(42,43)44)47-39(41)34-32-30-28-26-24-22-20-18-16-14-12-10-8-6-4-2/h18,20,24,26-27,29,31,33,37H,3-17,19,21-23,25,28,30,32,34-36H2,1-2H3,(H2,42,43,44)/b20-18+,26-24+,29-27+,33-31+/t37-/m1/s1. The van der Waals surface area contributed by atoms with Gasteiger partial charge in [0.15, 0.2) is 6.10 Å². The number of hydrogen-bond donors (Lipinski definition) is 2. The van der Waals surface area contributed by atoms with Crippen LogP contribution in [0.5, 0.6) is 0 Å². The summed E-state index contributed by atoms with van der Waals surface area (Å²) in [7, 11) is -4.78. The largest absolute Gasteiger partial charge is 0.469 e. The maximum atomic E-state index is 12.3. The molecule has 8 nitrogen and oxygen atoms in total. The van der Waals surface area contributed by atoms with Crippen molar-refractivity contribution in [1.82, 2.24) is 0 Å². The zero-order valence-corrected chi connectivity index (χ0v) is 31.3. The zero-order valence-electron chi connectivity index (χ0n) is 30.4. The van der Waals surface area contributed by atoms with E-state index < -0.39 is 32.5 Å². The number of esters is 2. The molecule has 0 saturated carbocycles. The van der Waals surface area contributed by atoms with E-state index >= 15 is 0 Å². The quantitative estimate of drug-likeness (QED) is 0.0170. The van der Waals surface area contributed by atoms with Crippen LogP contribution in [-0.2, 0) is 28.2 Å². The van der Waals surface area contributed by atoms with Crippen molar-refractivity contribution in [2.75, 3.05) is 13.2 Å². The van der Waals surface area contributed by atoms with E-state index in [0.717, 1.165) is 38.5 Å². The Morgan fingerprint density at radius 1 is 0.604 bits per heavy atom. The SMILES string of the molecule is CCCCCCCC/C=C/C/C=C/CCCCC(=O)O[C@H](COC(=O)/C=C/C=C/CCCCCCCCCCCCC)COP(=O)(O)O. The van der Waals surface area contributed by atoms with Gasteiger partial charge in [-0.15, -0.1) is 0 Å². The molecular formula is C39H69O8P. The minimum atomic E-state index is -4.78. The summed E-state index contributed by atoms with van der Waals surface area (Å²) in [6, 6.07) is 0. The van der Waals surface area contributed by atoms with Gasteiger partial charge in [0, 0.05) is 12.5 Å². The molecule has 1 atom stereocenters. The van der Waals surface area contributed by atoms with E-state index in [2.05, 4.69) is 42.7 Å². The summed E-state index contributed by atoms with van der Waals surface area (Å²) in [5.74, 6) is -1.18. The molecule has 0 heterocycles. The molecule has 9 heteroatoms. The van der Waals surface area contributed by atoms with Gasteiger partial charge in [-0.1, -0.05) is 153 Å². The van der Waals surface area contributed by atoms with Crippen molar-refractivity contribution in [2.45, 2.75) is 174 Å². The number of carbonyl (C=O) groups is 2. The third-order valence-corrected chi connectivity index (χ3v) is 8.41. The van der Waals surface area contributed by atoms with E-state index in [1.165, 1.54) is 109 Å². The Hall–Kier alpha value is -1.99. The molecule has 0 amide bonds. The van der Waals surface area contributed by atoms with Crippen molar-refractivity contribution < 1.29 is 37.9 Å². The summed E-state index contributed by atoms with van der Waals surface area (Å²) in [4.78, 5) is 42.5. The summed E-state index contributed by atoms with van der Waals surface area (Å²) >= 11 is 0. The van der Waals surface area contributed by atoms with Gasteiger partial charge in [-0.3, -0.25) is 9.32 Å². The molecule has 0 aliphatic rings. The molecule has 0 spiro atoms. The summed E-state index contributed by atoms with van der Waals surface area (Å²) in [6.45, 7) is 3.53. The van der Waals surface area contributed by atoms with E-state index in [4.69, 9.17) is 19.3 Å². The first-order valence-corrected chi connectivity index (χ1v) is 20.5. The third kappa shape index (κ3) is 36.8. The van der Waals surface area contributed by atoms with Crippen LogP contribution in [0.25, 0.3) is 0 Å². The van der Waals surface area contributed by atoms with Crippen LogP contribution < -0.4 is 0 Å². The summed E-state index contributed by atoms with van der Waals surface area (Å²) in [5, 5.41) is 0. The van der Waals surface area contributed by atoms with E-state index in [-0.39, 0.29) is 13.0 Å². The lowest BCUT2D eigenvalue weighted by atomic mass is 10.1. The Morgan fingerprint density at radius 2 is 1.08 bits per heavy atom. The molecule has 0 fully saturated rings. The lowest BCUT2D eigenvalue weighted by Crippen LogP contribution is -2.29. The van der Waals surface area contributed by atoms with Gasteiger partial charge < -0.3 is 19.3 Å². The van der Waals surface area contributed by atoms with Crippen molar-refractivity contribution in [3.8, 4) is 0 Å². The van der Waals surface area contributed by atoms with Crippen LogP contribution >= 0.6 is 7.82 Å². The molecule has 0 aromatic heterocycles. The van der Waals surface area contributed by atoms with Crippen LogP contribution in [0.3, 0.4) is 0 Å². The maximum Gasteiger partial charge on any atom is 0.469 e. The first-order chi connectivity index (χ1) is 23.3. The fourth-order valence-corrected chi connectivity index (χ4v) is 5.44. The molecule has 0 radical (unpaired) electrons. The van der Waals surface area contributed by atoms with Crippen LogP contribution in [-0.4, -0.2) is 41.0 Å². The minimum absolute atomic E-state index is 0.149. The first-order valence-electron chi connectivity index (χ1n) is 19.0. The van der Waals surface area contributed by atoms with Crippen LogP contribution in [0.1, 0.15) is 168 Å². The van der Waals surface area contributed by atoms with Crippen molar-refractivity contribution in [1.29, 1.82) is 0 Å². The highest BCUT2D eigenvalue weighted by atomic mass is 31.2. The molecule has 0 unspecified atom stereocenters. The predicted octanol–water partition coefficient (Wildman–Crippen LogP) is 11.2. The van der Waals surface area contributed by atoms with Gasteiger partial charge in [-0.2, -0.15) is 0 Å². The highest BCUT2D eigenvalue weighted by Gasteiger charge is 2.22. The van der Waals surface area contributed by atoms with Gasteiger partial charge >= 0.3 is 19.8 Å². The number of phosphoric acid groups is 1. The number of phosphoric ester groups is 1. The molecule has 0 aliphatic carbocycles. The van der Waals surface area contributed by atoms with Crippen LogP contribution in [0.4, 0.5) is 0 Å². The van der Waals surface area contributed by atoms with E-state index in [9.17, 15) is 14.2 Å². The van der Waals surface area contributed by atoms with Gasteiger partial charge in [-0.05, 0) is 51.4 Å². The second kappa shape index (κ2) is 34.9.